The number of sulfonamides is 1. The van der Waals surface area contributed by atoms with Crippen LogP contribution in [0.1, 0.15) is 5.56 Å². The average Bonchev–Trinajstić information content (AvgIpc) is 2.74. The molecule has 0 bridgehead atoms. The summed E-state index contributed by atoms with van der Waals surface area (Å²) in [4.78, 5) is 1.60. The maximum Gasteiger partial charge on any atom is 0.262 e. The molecule has 4 rings (SSSR count). The van der Waals surface area contributed by atoms with E-state index in [0.29, 0.717) is 31.9 Å². The minimum Gasteiger partial charge on any atom is -0.506 e. The predicted octanol–water partition coefficient (Wildman–Crippen LogP) is 6.46. The smallest absolute Gasteiger partial charge is 0.262 e. The standard InChI is InChI=1S/C23H18ClNO3S2/c1-15-19(24)12-7-13-22(15)30(27,28)25-20-14-21(29-16-8-3-2-4-9-16)23(26)18-11-6-5-10-17(18)20/h2-14,25-26H,1H3. The van der Waals surface area contributed by atoms with Crippen LogP contribution in [0.5, 0.6) is 5.75 Å². The minimum absolute atomic E-state index is 0.112. The quantitative estimate of drug-likeness (QED) is 0.339. The van der Waals surface area contributed by atoms with Crippen molar-refractivity contribution < 1.29 is 13.5 Å². The number of fused-ring (bicyclic) bond motifs is 1. The lowest BCUT2D eigenvalue weighted by Gasteiger charge is -2.16. The molecule has 152 valence electrons. The normalized spacial score (nSPS) is 11.5. The molecule has 30 heavy (non-hydrogen) atoms. The molecule has 4 nitrogen and oxygen atoms in total. The largest absolute Gasteiger partial charge is 0.506 e. The second-order valence-electron chi connectivity index (χ2n) is 6.70. The number of halogens is 1. The Morgan fingerprint density at radius 1 is 0.900 bits per heavy atom. The van der Waals surface area contributed by atoms with E-state index in [1.165, 1.54) is 17.8 Å². The maximum absolute atomic E-state index is 13.1. The van der Waals surface area contributed by atoms with Crippen molar-refractivity contribution in [1.82, 2.24) is 0 Å². The van der Waals surface area contributed by atoms with Gasteiger partial charge in [0.15, 0.2) is 0 Å². The van der Waals surface area contributed by atoms with Gasteiger partial charge in [0.25, 0.3) is 10.0 Å². The average molecular weight is 456 g/mol. The molecule has 0 aliphatic carbocycles. The zero-order valence-electron chi connectivity index (χ0n) is 16.0. The van der Waals surface area contributed by atoms with Crippen molar-refractivity contribution in [3.63, 3.8) is 0 Å². The van der Waals surface area contributed by atoms with E-state index < -0.39 is 10.0 Å². The van der Waals surface area contributed by atoms with E-state index in [0.717, 1.165) is 4.90 Å². The molecule has 0 unspecified atom stereocenters. The van der Waals surface area contributed by atoms with Crippen molar-refractivity contribution in [2.75, 3.05) is 4.72 Å². The van der Waals surface area contributed by atoms with Crippen LogP contribution in [0.3, 0.4) is 0 Å². The summed E-state index contributed by atoms with van der Waals surface area (Å²) >= 11 is 7.49. The molecule has 0 aromatic heterocycles. The summed E-state index contributed by atoms with van der Waals surface area (Å²) in [7, 11) is -3.89. The molecule has 0 aliphatic heterocycles. The topological polar surface area (TPSA) is 66.4 Å². The lowest BCUT2D eigenvalue weighted by molar-refractivity contribution is 0.469. The van der Waals surface area contributed by atoms with Crippen LogP contribution >= 0.6 is 23.4 Å². The first-order chi connectivity index (χ1) is 14.4. The Labute approximate surface area is 184 Å². The fourth-order valence-corrected chi connectivity index (χ4v) is 5.69. The van der Waals surface area contributed by atoms with Crippen molar-refractivity contribution in [3.05, 3.63) is 89.4 Å². The van der Waals surface area contributed by atoms with Gasteiger partial charge in [-0.1, -0.05) is 71.9 Å². The zero-order valence-corrected chi connectivity index (χ0v) is 18.4. The molecule has 0 saturated carbocycles. The Bertz CT molecular complexity index is 1340. The summed E-state index contributed by atoms with van der Waals surface area (Å²) in [6.45, 7) is 1.67. The highest BCUT2D eigenvalue weighted by atomic mass is 35.5. The minimum atomic E-state index is -3.89. The molecule has 0 atom stereocenters. The number of phenols is 1. The third-order valence-corrected chi connectivity index (χ3v) is 7.66. The highest BCUT2D eigenvalue weighted by Gasteiger charge is 2.21. The molecule has 7 heteroatoms. The van der Waals surface area contributed by atoms with E-state index in [1.807, 2.05) is 30.3 Å². The number of anilines is 1. The van der Waals surface area contributed by atoms with Crippen LogP contribution in [0.4, 0.5) is 5.69 Å². The Morgan fingerprint density at radius 3 is 2.30 bits per heavy atom. The molecule has 0 aliphatic rings. The van der Waals surface area contributed by atoms with E-state index in [2.05, 4.69) is 4.72 Å². The number of nitrogens with one attached hydrogen (secondary N) is 1. The summed E-state index contributed by atoms with van der Waals surface area (Å²) < 4.78 is 29.0. The molecule has 4 aromatic rings. The maximum atomic E-state index is 13.1. The molecule has 0 fully saturated rings. The summed E-state index contributed by atoms with van der Waals surface area (Å²) in [5.74, 6) is 0.112. The summed E-state index contributed by atoms with van der Waals surface area (Å²) in [6.07, 6.45) is 0. The van der Waals surface area contributed by atoms with Crippen LogP contribution in [0.15, 0.2) is 93.5 Å². The van der Waals surface area contributed by atoms with Gasteiger partial charge in [0, 0.05) is 20.7 Å². The molecular weight excluding hydrogens is 438 g/mol. The summed E-state index contributed by atoms with van der Waals surface area (Å²) in [5, 5.41) is 12.4. The second-order valence-corrected chi connectivity index (χ2v) is 9.87. The second kappa shape index (κ2) is 8.22. The number of phenolic OH excluding ortho intramolecular Hbond substituents is 1. The van der Waals surface area contributed by atoms with Crippen LogP contribution in [0, 0.1) is 6.92 Å². The number of hydrogen-bond acceptors (Lipinski definition) is 4. The van der Waals surface area contributed by atoms with E-state index in [4.69, 9.17) is 11.6 Å². The Morgan fingerprint density at radius 2 is 1.57 bits per heavy atom. The van der Waals surface area contributed by atoms with Gasteiger partial charge in [0.2, 0.25) is 0 Å². The third kappa shape index (κ3) is 3.99. The molecule has 4 aromatic carbocycles. The van der Waals surface area contributed by atoms with Crippen LogP contribution in [-0.4, -0.2) is 13.5 Å². The molecule has 0 saturated heterocycles. The van der Waals surface area contributed by atoms with Gasteiger partial charge < -0.3 is 5.11 Å². The Kier molecular flexibility index (Phi) is 5.64. The fourth-order valence-electron chi connectivity index (χ4n) is 3.19. The van der Waals surface area contributed by atoms with Crippen molar-refractivity contribution in [2.45, 2.75) is 21.6 Å². The SMILES string of the molecule is Cc1c(Cl)cccc1S(=O)(=O)Nc1cc(Sc2ccccc2)c(O)c2ccccc12. The van der Waals surface area contributed by atoms with Gasteiger partial charge in [-0.05, 0) is 42.8 Å². The molecule has 0 amide bonds. The van der Waals surface area contributed by atoms with E-state index >= 15 is 0 Å². The monoisotopic (exact) mass is 455 g/mol. The third-order valence-electron chi connectivity index (χ3n) is 4.70. The first-order valence-corrected chi connectivity index (χ1v) is 11.8. The van der Waals surface area contributed by atoms with Gasteiger partial charge in [0.05, 0.1) is 15.5 Å². The van der Waals surface area contributed by atoms with Crippen molar-refractivity contribution in [3.8, 4) is 5.75 Å². The fraction of sp³-hybridized carbons (Fsp3) is 0.0435. The first-order valence-electron chi connectivity index (χ1n) is 9.12. The highest BCUT2D eigenvalue weighted by Crippen LogP contribution is 2.43. The van der Waals surface area contributed by atoms with Gasteiger partial charge in [-0.2, -0.15) is 0 Å². The first kappa shape index (κ1) is 20.6. The highest BCUT2D eigenvalue weighted by molar-refractivity contribution is 7.99. The summed E-state index contributed by atoms with van der Waals surface area (Å²) in [6, 6.07) is 23.2. The van der Waals surface area contributed by atoms with Crippen molar-refractivity contribution >= 4 is 49.8 Å². The van der Waals surface area contributed by atoms with Gasteiger partial charge in [-0.25, -0.2) is 8.42 Å². The van der Waals surface area contributed by atoms with Gasteiger partial charge in [-0.15, -0.1) is 0 Å². The lowest BCUT2D eigenvalue weighted by atomic mass is 10.1. The van der Waals surface area contributed by atoms with Crippen molar-refractivity contribution in [2.24, 2.45) is 0 Å². The Hall–Kier alpha value is -2.67. The predicted molar refractivity (Wildman–Crippen MR) is 123 cm³/mol. The van der Waals surface area contributed by atoms with E-state index in [9.17, 15) is 13.5 Å². The number of benzene rings is 4. The van der Waals surface area contributed by atoms with E-state index in [-0.39, 0.29) is 10.6 Å². The van der Waals surface area contributed by atoms with Crippen LogP contribution in [0.25, 0.3) is 10.8 Å². The van der Waals surface area contributed by atoms with Gasteiger partial charge in [-0.3, -0.25) is 4.72 Å². The van der Waals surface area contributed by atoms with Crippen LogP contribution in [0.2, 0.25) is 5.02 Å². The molecule has 0 heterocycles. The van der Waals surface area contributed by atoms with Crippen LogP contribution in [-0.2, 0) is 10.0 Å². The van der Waals surface area contributed by atoms with Gasteiger partial charge >= 0.3 is 0 Å². The molecular formula is C23H18ClNO3S2. The Balaban J connectivity index is 1.84. The van der Waals surface area contributed by atoms with Crippen molar-refractivity contribution in [1.29, 1.82) is 0 Å². The van der Waals surface area contributed by atoms with E-state index in [1.54, 1.807) is 49.4 Å². The zero-order chi connectivity index (χ0) is 21.3. The van der Waals surface area contributed by atoms with Gasteiger partial charge in [0.1, 0.15) is 5.75 Å². The number of hydrogen-bond donors (Lipinski definition) is 2. The molecule has 0 radical (unpaired) electrons. The number of rotatable bonds is 5. The number of aromatic hydroxyl groups is 1. The molecule has 0 spiro atoms. The summed E-state index contributed by atoms with van der Waals surface area (Å²) in [5.41, 5.74) is 0.870. The molecule has 2 N–H and O–H groups in total. The lowest BCUT2D eigenvalue weighted by Crippen LogP contribution is -2.14. The van der Waals surface area contributed by atoms with Crippen LogP contribution < -0.4 is 4.72 Å².